The van der Waals surface area contributed by atoms with E-state index < -0.39 is 11.6 Å². The Labute approximate surface area is 233 Å². The van der Waals surface area contributed by atoms with Gasteiger partial charge in [0.1, 0.15) is 11.6 Å². The van der Waals surface area contributed by atoms with Crippen LogP contribution in [-0.2, 0) is 14.3 Å². The van der Waals surface area contributed by atoms with Crippen molar-refractivity contribution in [1.29, 1.82) is 0 Å². The third kappa shape index (κ3) is 5.05. The minimum absolute atomic E-state index is 0.253. The highest BCUT2D eigenvalue weighted by atomic mass is 19.1. The second kappa shape index (κ2) is 11.5. The van der Waals surface area contributed by atoms with Crippen molar-refractivity contribution in [3.63, 3.8) is 0 Å². The molecule has 3 fully saturated rings. The van der Waals surface area contributed by atoms with E-state index >= 15 is 0 Å². The fourth-order valence-electron chi connectivity index (χ4n) is 9.20. The molecule has 0 spiro atoms. The van der Waals surface area contributed by atoms with E-state index in [0.717, 1.165) is 44.9 Å². The van der Waals surface area contributed by atoms with Crippen LogP contribution in [0.2, 0.25) is 0 Å². The lowest BCUT2D eigenvalue weighted by Crippen LogP contribution is -2.55. The maximum Gasteiger partial charge on any atom is 0.345 e. The molecule has 0 amide bonds. The van der Waals surface area contributed by atoms with Crippen LogP contribution in [0, 0.1) is 53.2 Å². The topological polar surface area (TPSA) is 52.6 Å². The minimum atomic E-state index is -0.948. The number of rotatable bonds is 9. The van der Waals surface area contributed by atoms with Gasteiger partial charge in [0.15, 0.2) is 18.0 Å². The number of unbranched alkanes of at least 4 members (excludes halogenated alkanes) is 2. The molecule has 0 radical (unpaired) electrons. The van der Waals surface area contributed by atoms with Crippen LogP contribution in [-0.4, -0.2) is 24.0 Å². The van der Waals surface area contributed by atoms with Crippen LogP contribution in [0.4, 0.5) is 4.39 Å². The molecule has 0 aliphatic heterocycles. The first kappa shape index (κ1) is 27.9. The number of ketones is 1. The molecule has 0 saturated heterocycles. The summed E-state index contributed by atoms with van der Waals surface area (Å²) >= 11 is 0. The Bertz CT molecular complexity index is 1130. The molecule has 4 aliphatic carbocycles. The van der Waals surface area contributed by atoms with Gasteiger partial charge in [0.25, 0.3) is 0 Å². The molecule has 4 aliphatic rings. The van der Waals surface area contributed by atoms with E-state index in [9.17, 15) is 14.0 Å². The summed E-state index contributed by atoms with van der Waals surface area (Å²) in [5.41, 5.74) is 0.178. The molecule has 1 aromatic carbocycles. The van der Waals surface area contributed by atoms with Gasteiger partial charge in [-0.15, -0.1) is 6.42 Å². The third-order valence-electron chi connectivity index (χ3n) is 10.7. The van der Waals surface area contributed by atoms with E-state index in [0.29, 0.717) is 48.2 Å². The predicted octanol–water partition coefficient (Wildman–Crippen LogP) is 7.46. The summed E-state index contributed by atoms with van der Waals surface area (Å²) in [6.07, 6.45) is 20.3. The van der Waals surface area contributed by atoms with Gasteiger partial charge in [-0.05, 0) is 105 Å². The highest BCUT2D eigenvalue weighted by Gasteiger charge is 2.68. The number of carbonyl (C=O) groups excluding carboxylic acids is 2. The molecule has 0 heterocycles. The van der Waals surface area contributed by atoms with Gasteiger partial charge >= 0.3 is 5.97 Å². The monoisotopic (exact) mass is 534 g/mol. The fourth-order valence-corrected chi connectivity index (χ4v) is 9.20. The molecular weight excluding hydrogens is 491 g/mol. The Morgan fingerprint density at radius 1 is 1.10 bits per heavy atom. The average molecular weight is 535 g/mol. The van der Waals surface area contributed by atoms with Crippen molar-refractivity contribution in [2.24, 2.45) is 35.0 Å². The molecule has 5 heteroatoms. The lowest BCUT2D eigenvalue weighted by Gasteiger charge is -2.57. The first-order valence-electron chi connectivity index (χ1n) is 15.2. The second-order valence-corrected chi connectivity index (χ2v) is 12.4. The van der Waals surface area contributed by atoms with Crippen LogP contribution >= 0.6 is 0 Å². The second-order valence-electron chi connectivity index (χ2n) is 12.4. The smallest absolute Gasteiger partial charge is 0.345 e. The summed E-state index contributed by atoms with van der Waals surface area (Å²) < 4.78 is 25.3. The van der Waals surface area contributed by atoms with E-state index in [4.69, 9.17) is 15.9 Å². The van der Waals surface area contributed by atoms with Crippen LogP contribution in [0.1, 0.15) is 90.9 Å². The number of fused-ring (bicyclic) bond motifs is 5. The van der Waals surface area contributed by atoms with Gasteiger partial charge in [-0.25, -0.2) is 9.18 Å². The molecule has 0 N–H and O–H groups in total. The molecule has 5 rings (SSSR count). The van der Waals surface area contributed by atoms with E-state index in [1.54, 1.807) is 0 Å². The number of halogens is 1. The highest BCUT2D eigenvalue weighted by Crippen LogP contribution is 2.69. The molecule has 210 valence electrons. The van der Waals surface area contributed by atoms with Gasteiger partial charge < -0.3 is 9.47 Å². The number of hydrogen-bond donors (Lipinski definition) is 0. The molecule has 3 saturated carbocycles. The maximum atomic E-state index is 13.3. The minimum Gasteiger partial charge on any atom is -0.482 e. The Balaban J connectivity index is 1.42. The molecular formula is C34H43FO4. The molecule has 5 unspecified atom stereocenters. The fraction of sp³-hybridized carbons (Fsp3) is 0.647. The zero-order valence-corrected chi connectivity index (χ0v) is 23.6. The average Bonchev–Trinajstić information content (AvgIpc) is 3.22. The number of hydrogen-bond acceptors (Lipinski definition) is 4. The Morgan fingerprint density at radius 2 is 1.90 bits per heavy atom. The van der Waals surface area contributed by atoms with Crippen molar-refractivity contribution in [3.8, 4) is 18.1 Å². The Morgan fingerprint density at radius 3 is 2.62 bits per heavy atom. The maximum absolute atomic E-state index is 13.3. The Kier molecular flexibility index (Phi) is 8.22. The summed E-state index contributed by atoms with van der Waals surface area (Å²) in [6.45, 7) is 4.20. The summed E-state index contributed by atoms with van der Waals surface area (Å²) in [5.74, 6) is 5.46. The molecule has 39 heavy (non-hydrogen) atoms. The molecule has 4 nitrogen and oxygen atoms in total. The van der Waals surface area contributed by atoms with Crippen molar-refractivity contribution in [2.45, 2.75) is 96.5 Å². The van der Waals surface area contributed by atoms with Gasteiger partial charge in [-0.3, -0.25) is 4.79 Å². The van der Waals surface area contributed by atoms with Crippen LogP contribution in [0.5, 0.6) is 5.75 Å². The highest BCUT2D eigenvalue weighted by molar-refractivity contribution is 5.91. The van der Waals surface area contributed by atoms with E-state index in [1.807, 2.05) is 6.08 Å². The summed E-state index contributed by atoms with van der Waals surface area (Å²) in [5, 5.41) is 0. The zero-order valence-electron chi connectivity index (χ0n) is 23.6. The number of allylic oxidation sites excluding steroid dienone is 1. The van der Waals surface area contributed by atoms with E-state index in [-0.39, 0.29) is 23.6 Å². The number of benzene rings is 1. The predicted molar refractivity (Wildman–Crippen MR) is 149 cm³/mol. The van der Waals surface area contributed by atoms with Gasteiger partial charge in [0, 0.05) is 18.3 Å². The Hall–Kier alpha value is -2.61. The number of ether oxygens (including phenoxy) is 2. The van der Waals surface area contributed by atoms with Gasteiger partial charge in [0.05, 0.1) is 0 Å². The molecule has 0 bridgehead atoms. The van der Waals surface area contributed by atoms with Crippen molar-refractivity contribution in [1.82, 2.24) is 0 Å². The standard InChI is InChI=1S/C34H43FO4/c1-4-7-8-9-24-21-34(6-3,39-31(37)22-38-27-14-11-25(35)12-15-27)33(5-2)19-18-29-28-17-13-26(36)20-23(28)10-16-30(29)32(24)33/h3,11-12,14-15,20,24,28-30,32H,4-5,7-10,13,16-19,21-22H2,1-2H3/t24?,28?,29?,30?,32?,33-,34-/m0/s1. The van der Waals surface area contributed by atoms with E-state index in [1.165, 1.54) is 49.1 Å². The number of esters is 1. The normalized spacial score (nSPS) is 35.2. The summed E-state index contributed by atoms with van der Waals surface area (Å²) in [7, 11) is 0. The lowest BCUT2D eigenvalue weighted by atomic mass is 9.48. The van der Waals surface area contributed by atoms with Gasteiger partial charge in [0.2, 0.25) is 0 Å². The molecule has 7 atom stereocenters. The van der Waals surface area contributed by atoms with Gasteiger partial charge in [-0.2, -0.15) is 0 Å². The van der Waals surface area contributed by atoms with Crippen LogP contribution < -0.4 is 4.74 Å². The molecule has 0 aromatic heterocycles. The molecule has 1 aromatic rings. The number of terminal acetylenes is 1. The SMILES string of the molecule is C#C[C@]1(OC(=O)COc2ccc(F)cc2)CC(CCCCC)C2C3CCC4=CC(=O)CCC4C3CC[C@@]21CC. The number of carbonyl (C=O) groups is 2. The summed E-state index contributed by atoms with van der Waals surface area (Å²) in [6, 6.07) is 5.63. The van der Waals surface area contributed by atoms with E-state index in [2.05, 4.69) is 19.8 Å². The van der Waals surface area contributed by atoms with Crippen molar-refractivity contribution in [3.05, 3.63) is 41.7 Å². The van der Waals surface area contributed by atoms with Crippen molar-refractivity contribution < 1.29 is 23.5 Å². The summed E-state index contributed by atoms with van der Waals surface area (Å²) in [4.78, 5) is 25.4. The third-order valence-corrected chi connectivity index (χ3v) is 10.7. The van der Waals surface area contributed by atoms with Crippen molar-refractivity contribution in [2.75, 3.05) is 6.61 Å². The van der Waals surface area contributed by atoms with Gasteiger partial charge in [-0.1, -0.05) is 44.6 Å². The van der Waals surface area contributed by atoms with Crippen LogP contribution in [0.3, 0.4) is 0 Å². The first-order chi connectivity index (χ1) is 18.9. The lowest BCUT2D eigenvalue weighted by molar-refractivity contribution is -0.175. The van der Waals surface area contributed by atoms with Crippen molar-refractivity contribution >= 4 is 11.8 Å². The first-order valence-corrected chi connectivity index (χ1v) is 15.2. The largest absolute Gasteiger partial charge is 0.482 e. The van der Waals surface area contributed by atoms with Crippen LogP contribution in [0.15, 0.2) is 35.9 Å². The quantitative estimate of drug-likeness (QED) is 0.187. The zero-order chi connectivity index (χ0) is 27.6. The van der Waals surface area contributed by atoms with Crippen LogP contribution in [0.25, 0.3) is 0 Å².